The van der Waals surface area contributed by atoms with Crippen molar-refractivity contribution in [1.82, 2.24) is 4.90 Å². The van der Waals surface area contributed by atoms with Gasteiger partial charge in [-0.05, 0) is 26.7 Å². The summed E-state index contributed by atoms with van der Waals surface area (Å²) >= 11 is 0. The van der Waals surface area contributed by atoms with E-state index in [4.69, 9.17) is 4.74 Å². The lowest BCUT2D eigenvalue weighted by atomic mass is 10.1. The van der Waals surface area contributed by atoms with Gasteiger partial charge in [-0.1, -0.05) is 32.6 Å². The molecule has 1 fully saturated rings. The van der Waals surface area contributed by atoms with Crippen LogP contribution in [0, 0.1) is 0 Å². The fraction of sp³-hybridized carbons (Fsp3) is 0.941. The highest BCUT2D eigenvalue weighted by atomic mass is 127. The first-order valence-corrected chi connectivity index (χ1v) is 8.94. The first kappa shape index (κ1) is 22.0. The average molecular weight is 426 g/mol. The van der Waals surface area contributed by atoms with Gasteiger partial charge in [0.05, 0.1) is 45.9 Å². The summed E-state index contributed by atoms with van der Waals surface area (Å²) in [6, 6.07) is 0. The van der Waals surface area contributed by atoms with E-state index in [0.29, 0.717) is 6.61 Å². The van der Waals surface area contributed by atoms with Gasteiger partial charge in [-0.2, -0.15) is 0 Å². The fourth-order valence-corrected chi connectivity index (χ4v) is 3.21. The number of hydrogen-bond acceptors (Lipinski definition) is 2. The molecule has 0 aromatic rings. The van der Waals surface area contributed by atoms with Crippen LogP contribution in [-0.2, 0) is 4.74 Å². The van der Waals surface area contributed by atoms with Gasteiger partial charge in [0.1, 0.15) is 0 Å². The first-order valence-electron chi connectivity index (χ1n) is 8.94. The summed E-state index contributed by atoms with van der Waals surface area (Å²) in [6.07, 6.45) is 8.02. The minimum Gasteiger partial charge on any atom is -1.00 e. The van der Waals surface area contributed by atoms with Crippen LogP contribution >= 0.6 is 0 Å². The molecule has 0 unspecified atom stereocenters. The smallest absolute Gasteiger partial charge is 0.410 e. The predicted molar refractivity (Wildman–Crippen MR) is 87.4 cm³/mol. The lowest BCUT2D eigenvalue weighted by Gasteiger charge is -2.44. The zero-order valence-electron chi connectivity index (χ0n) is 14.8. The summed E-state index contributed by atoms with van der Waals surface area (Å²) in [6.45, 7) is 13.2. The monoisotopic (exact) mass is 426 g/mol. The fourth-order valence-electron chi connectivity index (χ4n) is 3.21. The topological polar surface area (TPSA) is 29.5 Å². The second-order valence-corrected chi connectivity index (χ2v) is 6.28. The maximum absolute atomic E-state index is 11.8. The highest BCUT2D eigenvalue weighted by Gasteiger charge is 2.33. The zero-order chi connectivity index (χ0) is 15.6. The quantitative estimate of drug-likeness (QED) is 0.308. The second kappa shape index (κ2) is 12.4. The van der Waals surface area contributed by atoms with Gasteiger partial charge in [-0.25, -0.2) is 4.79 Å². The number of amides is 1. The Morgan fingerprint density at radius 2 is 1.59 bits per heavy atom. The minimum atomic E-state index is -0.133. The van der Waals surface area contributed by atoms with Gasteiger partial charge < -0.3 is 33.2 Å². The van der Waals surface area contributed by atoms with E-state index in [2.05, 4.69) is 13.8 Å². The normalized spacial score (nSPS) is 17.0. The molecule has 0 aliphatic carbocycles. The van der Waals surface area contributed by atoms with Crippen LogP contribution in [0.2, 0.25) is 0 Å². The molecule has 22 heavy (non-hydrogen) atoms. The molecule has 0 saturated carbocycles. The maximum Gasteiger partial charge on any atom is 0.410 e. The molecule has 132 valence electrons. The molecule has 1 saturated heterocycles. The lowest BCUT2D eigenvalue weighted by molar-refractivity contribution is -0.930. The van der Waals surface area contributed by atoms with E-state index in [1.807, 2.05) is 11.8 Å². The molecular formula is C17H35IN2O2. The standard InChI is InChI=1S/C17H35N2O2.HI/c1-4-7-8-9-10-11-14-19(5-2)15-12-18(13-16-19)17(20)21-6-3;/h4-16H2,1-3H3;1H/q+1;/p-1. The Hall–Kier alpha value is -0.0400. The number of ether oxygens (including phenoxy) is 1. The summed E-state index contributed by atoms with van der Waals surface area (Å²) in [7, 11) is 0. The Kier molecular flexibility index (Phi) is 12.4. The Bertz CT molecular complexity index is 292. The van der Waals surface area contributed by atoms with Gasteiger partial charge in [-0.15, -0.1) is 0 Å². The molecule has 5 heteroatoms. The van der Waals surface area contributed by atoms with Crippen LogP contribution in [0.25, 0.3) is 0 Å². The van der Waals surface area contributed by atoms with Crippen LogP contribution in [0.4, 0.5) is 4.79 Å². The largest absolute Gasteiger partial charge is 1.00 e. The molecule has 0 bridgehead atoms. The Morgan fingerprint density at radius 1 is 1.00 bits per heavy atom. The van der Waals surface area contributed by atoms with Crippen LogP contribution < -0.4 is 24.0 Å². The number of nitrogens with zero attached hydrogens (tertiary/aromatic N) is 2. The predicted octanol–water partition coefficient (Wildman–Crippen LogP) is 0.660. The van der Waals surface area contributed by atoms with Crippen LogP contribution in [0.3, 0.4) is 0 Å². The van der Waals surface area contributed by atoms with Gasteiger partial charge in [0.2, 0.25) is 0 Å². The number of hydrogen-bond donors (Lipinski definition) is 0. The maximum atomic E-state index is 11.8. The number of piperazine rings is 1. The molecule has 0 aromatic heterocycles. The Labute approximate surface area is 154 Å². The molecule has 0 spiro atoms. The van der Waals surface area contributed by atoms with Crippen LogP contribution in [0.5, 0.6) is 0 Å². The van der Waals surface area contributed by atoms with E-state index in [9.17, 15) is 4.79 Å². The van der Waals surface area contributed by atoms with Gasteiger partial charge in [0.25, 0.3) is 0 Å². The highest BCUT2D eigenvalue weighted by Crippen LogP contribution is 2.16. The third-order valence-electron chi connectivity index (χ3n) is 4.87. The first-order chi connectivity index (χ1) is 10.2. The van der Waals surface area contributed by atoms with Crippen LogP contribution in [-0.4, -0.2) is 61.4 Å². The third kappa shape index (κ3) is 7.49. The highest BCUT2D eigenvalue weighted by molar-refractivity contribution is 5.67. The second-order valence-electron chi connectivity index (χ2n) is 6.28. The van der Waals surface area contributed by atoms with Crippen molar-refractivity contribution in [3.05, 3.63) is 0 Å². The van der Waals surface area contributed by atoms with Crippen molar-refractivity contribution in [1.29, 1.82) is 0 Å². The van der Waals surface area contributed by atoms with Crippen molar-refractivity contribution in [2.75, 3.05) is 45.9 Å². The van der Waals surface area contributed by atoms with Crippen molar-refractivity contribution in [2.45, 2.75) is 59.3 Å². The molecule has 0 aromatic carbocycles. The summed E-state index contributed by atoms with van der Waals surface area (Å²) in [5.41, 5.74) is 0. The molecule has 1 rings (SSSR count). The van der Waals surface area contributed by atoms with Crippen molar-refractivity contribution in [2.24, 2.45) is 0 Å². The Balaban J connectivity index is 0.00000441. The van der Waals surface area contributed by atoms with Gasteiger partial charge >= 0.3 is 6.09 Å². The molecule has 0 radical (unpaired) electrons. The molecule has 4 nitrogen and oxygen atoms in total. The number of halogens is 1. The third-order valence-corrected chi connectivity index (χ3v) is 4.87. The molecule has 1 heterocycles. The average Bonchev–Trinajstić information content (AvgIpc) is 2.51. The minimum absolute atomic E-state index is 0. The van der Waals surface area contributed by atoms with E-state index in [-0.39, 0.29) is 30.1 Å². The van der Waals surface area contributed by atoms with Gasteiger partial charge in [0.15, 0.2) is 0 Å². The van der Waals surface area contributed by atoms with E-state index < -0.39 is 0 Å². The molecule has 0 N–H and O–H groups in total. The molecule has 1 aliphatic rings. The summed E-state index contributed by atoms with van der Waals surface area (Å²) in [4.78, 5) is 13.6. The summed E-state index contributed by atoms with van der Waals surface area (Å²) in [5, 5.41) is 0. The number of unbranched alkanes of at least 4 members (excludes halogenated alkanes) is 5. The zero-order valence-corrected chi connectivity index (χ0v) is 16.9. The molecule has 1 amide bonds. The Morgan fingerprint density at radius 3 is 2.14 bits per heavy atom. The van der Waals surface area contributed by atoms with Crippen molar-refractivity contribution in [3.63, 3.8) is 0 Å². The van der Waals surface area contributed by atoms with Crippen molar-refractivity contribution in [3.8, 4) is 0 Å². The number of likely N-dealkylation sites (N-methyl/N-ethyl adjacent to an activating group) is 1. The number of carbonyl (C=O) groups excluding carboxylic acids is 1. The van der Waals surface area contributed by atoms with Crippen LogP contribution in [0.15, 0.2) is 0 Å². The van der Waals surface area contributed by atoms with Crippen molar-refractivity contribution >= 4 is 6.09 Å². The number of carbonyl (C=O) groups is 1. The van der Waals surface area contributed by atoms with Gasteiger partial charge in [0, 0.05) is 0 Å². The molecule has 0 atom stereocenters. The van der Waals surface area contributed by atoms with E-state index in [1.54, 1.807) is 0 Å². The van der Waals surface area contributed by atoms with E-state index in [0.717, 1.165) is 26.2 Å². The molecule has 1 aliphatic heterocycles. The van der Waals surface area contributed by atoms with Crippen molar-refractivity contribution < 1.29 is 38.0 Å². The summed E-state index contributed by atoms with van der Waals surface area (Å²) < 4.78 is 6.28. The van der Waals surface area contributed by atoms with Crippen LogP contribution in [0.1, 0.15) is 59.3 Å². The van der Waals surface area contributed by atoms with E-state index in [1.165, 1.54) is 56.1 Å². The number of rotatable bonds is 9. The number of quaternary nitrogens is 1. The van der Waals surface area contributed by atoms with E-state index >= 15 is 0 Å². The SMILES string of the molecule is CCCCCCCC[N+]1(CC)CCN(C(=O)OCC)CC1.[I-]. The van der Waals surface area contributed by atoms with Gasteiger partial charge in [-0.3, -0.25) is 4.90 Å². The summed E-state index contributed by atoms with van der Waals surface area (Å²) in [5.74, 6) is 0. The molecular weight excluding hydrogens is 391 g/mol. The lowest BCUT2D eigenvalue weighted by Crippen LogP contribution is -3.00.